The largest absolute Gasteiger partial charge is 0.507 e. The number of hydrogen-bond donors (Lipinski definition) is 7. The summed E-state index contributed by atoms with van der Waals surface area (Å²) in [5, 5.41) is 34.9. The minimum absolute atomic E-state index is 0.0158. The highest BCUT2D eigenvalue weighted by molar-refractivity contribution is 8.00. The number of carboxylic acids is 1. The Balaban J connectivity index is 1.25. The number of aliphatic carboxylic acids is 1. The molecule has 0 radical (unpaired) electrons. The van der Waals surface area contributed by atoms with Gasteiger partial charge in [-0.15, -0.1) is 0 Å². The number of carbonyl (C=O) groups is 4. The van der Waals surface area contributed by atoms with Crippen LogP contribution in [0.25, 0.3) is 0 Å². The van der Waals surface area contributed by atoms with E-state index >= 15 is 0 Å². The average Bonchev–Trinajstić information content (AvgIpc) is 3.53. The molecule has 8 N–H and O–H groups in total. The molecule has 0 aliphatic carbocycles. The number of carboxylic acid groups (broad SMARTS) is 1. The second-order valence-corrected chi connectivity index (χ2v) is 14.6. The SMILES string of the molecule is CC(C)(CCOC(C)(C)CCNC(=O)CO/N=C/c1cc(C[C@H](N)C(=O)O)ccc1O)NC(=O)CCCCC1SC[C@@H]2NC(=O)N[C@H]12. The lowest BCUT2D eigenvalue weighted by molar-refractivity contribution is -0.138. The van der Waals surface area contributed by atoms with Gasteiger partial charge in [-0.3, -0.25) is 14.4 Å². The molecular weight excluding hydrogens is 628 g/mol. The molecule has 0 saturated carbocycles. The topological polar surface area (TPSA) is 214 Å². The minimum atomic E-state index is -1.13. The molecule has 14 nitrogen and oxygen atoms in total. The number of nitrogens with two attached hydrogens (primary N) is 1. The quantitative estimate of drug-likeness (QED) is 0.0461. The Morgan fingerprint density at radius 1 is 1.17 bits per heavy atom. The van der Waals surface area contributed by atoms with Gasteiger partial charge in [0.25, 0.3) is 5.91 Å². The number of aromatic hydroxyl groups is 1. The van der Waals surface area contributed by atoms with Crippen LogP contribution in [0.5, 0.6) is 5.75 Å². The molecule has 1 aromatic carbocycles. The molecule has 262 valence electrons. The smallest absolute Gasteiger partial charge is 0.320 e. The van der Waals surface area contributed by atoms with Gasteiger partial charge in [-0.05, 0) is 77.5 Å². The summed E-state index contributed by atoms with van der Waals surface area (Å²) in [6.07, 6.45) is 5.66. The Labute approximate surface area is 280 Å². The molecule has 0 spiro atoms. The highest BCUT2D eigenvalue weighted by Gasteiger charge is 2.42. The third kappa shape index (κ3) is 13.2. The number of amides is 4. The maximum Gasteiger partial charge on any atom is 0.320 e. The van der Waals surface area contributed by atoms with E-state index in [-0.39, 0.29) is 48.7 Å². The van der Waals surface area contributed by atoms with Crippen molar-refractivity contribution in [3.8, 4) is 5.75 Å². The van der Waals surface area contributed by atoms with E-state index in [2.05, 4.69) is 26.4 Å². The Hall–Kier alpha value is -3.56. The van der Waals surface area contributed by atoms with Gasteiger partial charge in [-0.2, -0.15) is 11.8 Å². The zero-order chi connectivity index (χ0) is 34.6. The maximum atomic E-state index is 12.6. The van der Waals surface area contributed by atoms with E-state index < -0.39 is 23.2 Å². The molecule has 4 amide bonds. The minimum Gasteiger partial charge on any atom is -0.507 e. The van der Waals surface area contributed by atoms with Gasteiger partial charge in [0.2, 0.25) is 5.91 Å². The zero-order valence-electron chi connectivity index (χ0n) is 27.7. The standard InChI is InChI=1S/C32H50N6O8S/c1-31(2,38-26(40)8-6-5-7-25-28-23(19-47-25)36-30(44)37-28)12-14-45-32(3,4)11-13-34-27(41)18-46-35-17-21-15-20(9-10-24(21)39)16-22(33)29(42)43/h9-10,15,17,22-23,25,28,39H,5-8,11-14,16,18-19,33H2,1-4H3,(H,34,41)(H,38,40)(H,42,43)(H2,36,37,44)/b35-17+/t22-,23-,25?,28-/m0/s1. The number of urea groups is 1. The molecule has 4 atom stereocenters. The number of fused-ring (bicyclic) bond motifs is 1. The van der Waals surface area contributed by atoms with Crippen LogP contribution >= 0.6 is 11.8 Å². The van der Waals surface area contributed by atoms with Crippen molar-refractivity contribution in [1.29, 1.82) is 0 Å². The monoisotopic (exact) mass is 678 g/mol. The fourth-order valence-electron chi connectivity index (χ4n) is 5.35. The number of unbranched alkanes of at least 4 members (excludes halogenated alkanes) is 1. The number of hydrogen-bond acceptors (Lipinski definition) is 10. The van der Waals surface area contributed by atoms with Crippen LogP contribution in [0.15, 0.2) is 23.4 Å². The summed E-state index contributed by atoms with van der Waals surface area (Å²) in [6, 6.07) is 3.78. The van der Waals surface area contributed by atoms with Gasteiger partial charge < -0.3 is 46.8 Å². The Morgan fingerprint density at radius 3 is 2.68 bits per heavy atom. The first-order valence-corrected chi connectivity index (χ1v) is 17.0. The van der Waals surface area contributed by atoms with Crippen molar-refractivity contribution >= 4 is 41.8 Å². The van der Waals surface area contributed by atoms with Crippen LogP contribution in [0.4, 0.5) is 4.79 Å². The van der Waals surface area contributed by atoms with Crippen LogP contribution in [0, 0.1) is 0 Å². The van der Waals surface area contributed by atoms with E-state index in [1.54, 1.807) is 12.1 Å². The van der Waals surface area contributed by atoms with Crippen LogP contribution in [0.2, 0.25) is 0 Å². The summed E-state index contributed by atoms with van der Waals surface area (Å²) < 4.78 is 6.07. The first-order chi connectivity index (χ1) is 22.1. The molecule has 0 aromatic heterocycles. The lowest BCUT2D eigenvalue weighted by atomic mass is 9.99. The molecule has 1 aromatic rings. The van der Waals surface area contributed by atoms with E-state index in [4.69, 9.17) is 20.4 Å². The Morgan fingerprint density at radius 2 is 1.94 bits per heavy atom. The molecule has 3 rings (SSSR count). The van der Waals surface area contributed by atoms with Gasteiger partial charge >= 0.3 is 12.0 Å². The van der Waals surface area contributed by atoms with Crippen molar-refractivity contribution < 1.29 is 39.0 Å². The average molecular weight is 679 g/mol. The van der Waals surface area contributed by atoms with Crippen LogP contribution in [0.3, 0.4) is 0 Å². The summed E-state index contributed by atoms with van der Waals surface area (Å²) >= 11 is 1.88. The van der Waals surface area contributed by atoms with E-state index in [0.29, 0.717) is 48.8 Å². The predicted molar refractivity (Wildman–Crippen MR) is 179 cm³/mol. The van der Waals surface area contributed by atoms with Gasteiger partial charge in [0, 0.05) is 41.7 Å². The summed E-state index contributed by atoms with van der Waals surface area (Å²) in [7, 11) is 0. The van der Waals surface area contributed by atoms with Crippen LogP contribution in [0.1, 0.15) is 77.3 Å². The van der Waals surface area contributed by atoms with Crippen LogP contribution in [-0.4, -0.2) is 100 Å². The predicted octanol–water partition coefficient (Wildman–Crippen LogP) is 2.01. The summed E-state index contributed by atoms with van der Waals surface area (Å²) in [5.74, 6) is -0.630. The molecule has 2 aliphatic rings. The lowest BCUT2D eigenvalue weighted by Crippen LogP contribution is -2.44. The number of phenols is 1. The highest BCUT2D eigenvalue weighted by Crippen LogP contribution is 2.33. The lowest BCUT2D eigenvalue weighted by Gasteiger charge is -2.30. The molecule has 2 heterocycles. The van der Waals surface area contributed by atoms with Gasteiger partial charge in [0.15, 0.2) is 6.61 Å². The number of thioether (sulfide) groups is 1. The summed E-state index contributed by atoms with van der Waals surface area (Å²) in [5.41, 5.74) is 5.53. The summed E-state index contributed by atoms with van der Waals surface area (Å²) in [6.45, 7) is 8.29. The second kappa shape index (κ2) is 17.6. The number of oxime groups is 1. The maximum absolute atomic E-state index is 12.6. The molecule has 2 fully saturated rings. The first-order valence-electron chi connectivity index (χ1n) is 16.0. The zero-order valence-corrected chi connectivity index (χ0v) is 28.5. The number of benzene rings is 1. The van der Waals surface area contributed by atoms with E-state index in [1.165, 1.54) is 12.3 Å². The fourth-order valence-corrected chi connectivity index (χ4v) is 6.89. The molecule has 0 bridgehead atoms. The molecule has 47 heavy (non-hydrogen) atoms. The van der Waals surface area contributed by atoms with Crippen molar-refractivity contribution in [3.63, 3.8) is 0 Å². The summed E-state index contributed by atoms with van der Waals surface area (Å²) in [4.78, 5) is 52.3. The second-order valence-electron chi connectivity index (χ2n) is 13.3. The number of nitrogens with one attached hydrogen (secondary N) is 4. The van der Waals surface area contributed by atoms with E-state index in [0.717, 1.165) is 25.0 Å². The Bertz CT molecular complexity index is 1280. The molecule has 15 heteroatoms. The van der Waals surface area contributed by atoms with Gasteiger partial charge in [-0.1, -0.05) is 17.6 Å². The van der Waals surface area contributed by atoms with E-state index in [9.17, 15) is 24.3 Å². The highest BCUT2D eigenvalue weighted by atomic mass is 32.2. The Kier molecular flexibility index (Phi) is 14.2. The molecular formula is C32H50N6O8S. The molecule has 2 aliphatic heterocycles. The van der Waals surface area contributed by atoms with Crippen molar-refractivity contribution in [2.24, 2.45) is 10.9 Å². The number of carbonyl (C=O) groups excluding carboxylic acids is 3. The van der Waals surface area contributed by atoms with Crippen molar-refractivity contribution in [2.45, 2.75) is 107 Å². The van der Waals surface area contributed by atoms with Gasteiger partial charge in [0.05, 0.1) is 23.9 Å². The molecule has 2 saturated heterocycles. The van der Waals surface area contributed by atoms with Crippen molar-refractivity contribution in [2.75, 3.05) is 25.5 Å². The third-order valence-electron chi connectivity index (χ3n) is 8.15. The normalized spacial score (nSPS) is 19.9. The van der Waals surface area contributed by atoms with Crippen LogP contribution < -0.4 is 27.0 Å². The van der Waals surface area contributed by atoms with E-state index in [1.807, 2.05) is 39.5 Å². The first kappa shape index (κ1) is 37.9. The van der Waals surface area contributed by atoms with Crippen molar-refractivity contribution in [3.05, 3.63) is 29.3 Å². The number of nitrogens with zero attached hydrogens (tertiary/aromatic N) is 1. The third-order valence-corrected chi connectivity index (χ3v) is 9.66. The molecule has 1 unspecified atom stereocenters. The van der Waals surface area contributed by atoms with Crippen molar-refractivity contribution in [1.82, 2.24) is 21.3 Å². The van der Waals surface area contributed by atoms with Gasteiger partial charge in [-0.25, -0.2) is 4.79 Å². The van der Waals surface area contributed by atoms with Gasteiger partial charge in [0.1, 0.15) is 11.8 Å². The fraction of sp³-hybridized carbons (Fsp3) is 0.656. The number of phenolic OH excluding ortho intramolecular Hbond substituents is 1. The van der Waals surface area contributed by atoms with Crippen LogP contribution in [-0.2, 0) is 30.4 Å². The number of ether oxygens (including phenoxy) is 1. The number of rotatable bonds is 20.